The fourth-order valence-corrected chi connectivity index (χ4v) is 1.55. The standard InChI is InChI=1S/C12H6F3NO2/c13-9-5-4-7(6-11(9)16(17)18)8-2-1-3-10(14)12(8)15/h1-6H. The van der Waals surface area contributed by atoms with Crippen molar-refractivity contribution in [3.8, 4) is 11.1 Å². The van der Waals surface area contributed by atoms with Gasteiger partial charge >= 0.3 is 5.69 Å². The van der Waals surface area contributed by atoms with Gasteiger partial charge in [-0.2, -0.15) is 4.39 Å². The van der Waals surface area contributed by atoms with Gasteiger partial charge in [-0.15, -0.1) is 0 Å². The van der Waals surface area contributed by atoms with Crippen molar-refractivity contribution in [3.63, 3.8) is 0 Å². The van der Waals surface area contributed by atoms with Crippen molar-refractivity contribution in [1.29, 1.82) is 0 Å². The van der Waals surface area contributed by atoms with Crippen molar-refractivity contribution in [2.75, 3.05) is 0 Å². The van der Waals surface area contributed by atoms with E-state index < -0.39 is 28.1 Å². The van der Waals surface area contributed by atoms with Gasteiger partial charge in [0.05, 0.1) is 4.92 Å². The summed E-state index contributed by atoms with van der Waals surface area (Å²) in [6.45, 7) is 0. The Labute approximate surface area is 99.6 Å². The number of benzene rings is 2. The highest BCUT2D eigenvalue weighted by Crippen LogP contribution is 2.28. The van der Waals surface area contributed by atoms with E-state index in [0.29, 0.717) is 0 Å². The summed E-state index contributed by atoms with van der Waals surface area (Å²) in [4.78, 5) is 9.63. The third kappa shape index (κ3) is 2.04. The van der Waals surface area contributed by atoms with Crippen molar-refractivity contribution >= 4 is 5.69 Å². The van der Waals surface area contributed by atoms with E-state index in [4.69, 9.17) is 0 Å². The van der Waals surface area contributed by atoms with Gasteiger partial charge in [0.15, 0.2) is 11.6 Å². The Balaban J connectivity index is 2.62. The molecule has 0 atom stereocenters. The van der Waals surface area contributed by atoms with Crippen molar-refractivity contribution in [3.05, 3.63) is 64.0 Å². The summed E-state index contributed by atoms with van der Waals surface area (Å²) in [5.74, 6) is -3.22. The Bertz CT molecular complexity index is 629. The van der Waals surface area contributed by atoms with E-state index in [0.717, 1.165) is 24.3 Å². The SMILES string of the molecule is O=[N+]([O-])c1cc(-c2cccc(F)c2F)ccc1F. The molecule has 0 aromatic heterocycles. The molecule has 18 heavy (non-hydrogen) atoms. The molecule has 0 aliphatic carbocycles. The van der Waals surface area contributed by atoms with E-state index in [1.165, 1.54) is 12.1 Å². The van der Waals surface area contributed by atoms with Gasteiger partial charge in [0, 0.05) is 11.6 Å². The van der Waals surface area contributed by atoms with Gasteiger partial charge in [-0.05, 0) is 17.7 Å². The molecule has 0 amide bonds. The van der Waals surface area contributed by atoms with Crippen LogP contribution in [0, 0.1) is 27.6 Å². The minimum atomic E-state index is -1.13. The summed E-state index contributed by atoms with van der Waals surface area (Å²) in [6.07, 6.45) is 0. The Kier molecular flexibility index (Phi) is 3.01. The molecule has 2 aromatic carbocycles. The fourth-order valence-electron chi connectivity index (χ4n) is 1.55. The monoisotopic (exact) mass is 253 g/mol. The highest BCUT2D eigenvalue weighted by molar-refractivity contribution is 5.67. The van der Waals surface area contributed by atoms with Crippen molar-refractivity contribution < 1.29 is 18.1 Å². The predicted molar refractivity (Wildman–Crippen MR) is 58.4 cm³/mol. The first-order chi connectivity index (χ1) is 8.50. The molecule has 2 rings (SSSR count). The van der Waals surface area contributed by atoms with E-state index in [1.807, 2.05) is 0 Å². The van der Waals surface area contributed by atoms with Crippen LogP contribution in [-0.4, -0.2) is 4.92 Å². The maximum atomic E-state index is 13.5. The molecule has 0 unspecified atom stereocenters. The lowest BCUT2D eigenvalue weighted by Gasteiger charge is -2.04. The smallest absolute Gasteiger partial charge is 0.258 e. The summed E-state index contributed by atoms with van der Waals surface area (Å²) in [5, 5.41) is 10.6. The van der Waals surface area contributed by atoms with Crippen LogP contribution < -0.4 is 0 Å². The second-order valence-corrected chi connectivity index (χ2v) is 3.52. The minimum absolute atomic E-state index is 0.0418. The molecule has 0 spiro atoms. The molecule has 0 heterocycles. The van der Waals surface area contributed by atoms with Crippen molar-refractivity contribution in [1.82, 2.24) is 0 Å². The molecule has 3 nitrogen and oxygen atoms in total. The molecule has 6 heteroatoms. The van der Waals surface area contributed by atoms with Crippen LogP contribution in [0.1, 0.15) is 0 Å². The van der Waals surface area contributed by atoms with Crippen LogP contribution in [0.5, 0.6) is 0 Å². The van der Waals surface area contributed by atoms with Crippen LogP contribution in [0.4, 0.5) is 18.9 Å². The van der Waals surface area contributed by atoms with Crippen LogP contribution in [0.25, 0.3) is 11.1 Å². The lowest BCUT2D eigenvalue weighted by Crippen LogP contribution is -1.94. The number of rotatable bonds is 2. The van der Waals surface area contributed by atoms with Gasteiger partial charge in [0.2, 0.25) is 5.82 Å². The molecule has 0 saturated heterocycles. The zero-order chi connectivity index (χ0) is 13.3. The Morgan fingerprint density at radius 2 is 1.72 bits per heavy atom. The molecule has 2 aromatic rings. The number of nitro groups is 1. The van der Waals surface area contributed by atoms with Crippen molar-refractivity contribution in [2.45, 2.75) is 0 Å². The molecule has 0 fully saturated rings. The van der Waals surface area contributed by atoms with Crippen LogP contribution in [0.15, 0.2) is 36.4 Å². The predicted octanol–water partition coefficient (Wildman–Crippen LogP) is 3.68. The van der Waals surface area contributed by atoms with Crippen LogP contribution in [0.3, 0.4) is 0 Å². The molecule has 0 aliphatic heterocycles. The highest BCUT2D eigenvalue weighted by Gasteiger charge is 2.17. The van der Waals surface area contributed by atoms with Gasteiger partial charge in [-0.1, -0.05) is 18.2 Å². The summed E-state index contributed by atoms with van der Waals surface area (Å²) >= 11 is 0. The van der Waals surface area contributed by atoms with Gasteiger partial charge in [0.1, 0.15) is 0 Å². The molecule has 0 bridgehead atoms. The van der Waals surface area contributed by atoms with Crippen LogP contribution >= 0.6 is 0 Å². The molecule has 0 aliphatic rings. The topological polar surface area (TPSA) is 43.1 Å². The molecular weight excluding hydrogens is 247 g/mol. The molecular formula is C12H6F3NO2. The summed E-state index contributed by atoms with van der Waals surface area (Å²) in [7, 11) is 0. The number of hydrogen-bond acceptors (Lipinski definition) is 2. The molecule has 0 N–H and O–H groups in total. The second-order valence-electron chi connectivity index (χ2n) is 3.52. The molecule has 92 valence electrons. The summed E-state index contributed by atoms with van der Waals surface area (Å²) in [6, 6.07) is 6.32. The van der Waals surface area contributed by atoms with E-state index in [-0.39, 0.29) is 11.1 Å². The number of halogens is 3. The first kappa shape index (κ1) is 12.1. The Morgan fingerprint density at radius 1 is 1.00 bits per heavy atom. The highest BCUT2D eigenvalue weighted by atomic mass is 19.2. The average Bonchev–Trinajstić information content (AvgIpc) is 2.33. The van der Waals surface area contributed by atoms with Gasteiger partial charge in [-0.25, -0.2) is 8.78 Å². The quantitative estimate of drug-likeness (QED) is 0.605. The van der Waals surface area contributed by atoms with E-state index in [1.54, 1.807) is 0 Å². The first-order valence-corrected chi connectivity index (χ1v) is 4.89. The Hall–Kier alpha value is -2.37. The van der Waals surface area contributed by atoms with E-state index in [9.17, 15) is 23.3 Å². The number of hydrogen-bond donors (Lipinski definition) is 0. The number of nitrogens with zero attached hydrogens (tertiary/aromatic N) is 1. The third-order valence-electron chi connectivity index (χ3n) is 2.41. The fraction of sp³-hybridized carbons (Fsp3) is 0. The largest absolute Gasteiger partial charge is 0.305 e. The lowest BCUT2D eigenvalue weighted by molar-refractivity contribution is -0.387. The summed E-state index contributed by atoms with van der Waals surface area (Å²) in [5.41, 5.74) is -0.894. The molecule has 0 saturated carbocycles. The van der Waals surface area contributed by atoms with E-state index >= 15 is 0 Å². The molecule has 0 radical (unpaired) electrons. The van der Waals surface area contributed by atoms with Crippen LogP contribution in [-0.2, 0) is 0 Å². The first-order valence-electron chi connectivity index (χ1n) is 4.89. The zero-order valence-corrected chi connectivity index (χ0v) is 8.86. The Morgan fingerprint density at radius 3 is 2.39 bits per heavy atom. The normalized spacial score (nSPS) is 10.4. The average molecular weight is 253 g/mol. The zero-order valence-electron chi connectivity index (χ0n) is 8.86. The maximum absolute atomic E-state index is 13.5. The minimum Gasteiger partial charge on any atom is -0.258 e. The van der Waals surface area contributed by atoms with Crippen molar-refractivity contribution in [2.24, 2.45) is 0 Å². The van der Waals surface area contributed by atoms with Crippen LogP contribution in [0.2, 0.25) is 0 Å². The third-order valence-corrected chi connectivity index (χ3v) is 2.41. The van der Waals surface area contributed by atoms with Gasteiger partial charge in [-0.3, -0.25) is 10.1 Å². The summed E-state index contributed by atoms with van der Waals surface area (Å²) < 4.78 is 39.6. The van der Waals surface area contributed by atoms with Gasteiger partial charge < -0.3 is 0 Å². The van der Waals surface area contributed by atoms with E-state index in [2.05, 4.69) is 0 Å². The van der Waals surface area contributed by atoms with Gasteiger partial charge in [0.25, 0.3) is 0 Å². The second kappa shape index (κ2) is 4.48. The lowest BCUT2D eigenvalue weighted by atomic mass is 10.0. The number of nitro benzene ring substituents is 1. The maximum Gasteiger partial charge on any atom is 0.305 e.